The Morgan fingerprint density at radius 1 is 1.00 bits per heavy atom. The van der Waals surface area contributed by atoms with Crippen molar-refractivity contribution in [1.82, 2.24) is 29.9 Å². The monoisotopic (exact) mass is 321 g/mol. The van der Waals surface area contributed by atoms with Gasteiger partial charge < -0.3 is 5.32 Å². The van der Waals surface area contributed by atoms with Gasteiger partial charge in [0.25, 0.3) is 0 Å². The van der Waals surface area contributed by atoms with Crippen LogP contribution in [0.5, 0.6) is 0 Å². The van der Waals surface area contributed by atoms with Crippen LogP contribution >= 0.6 is 0 Å². The second kappa shape index (κ2) is 5.99. The van der Waals surface area contributed by atoms with Gasteiger partial charge in [-0.05, 0) is 29.8 Å². The molecule has 24 heavy (non-hydrogen) atoms. The predicted molar refractivity (Wildman–Crippen MR) is 86.1 cm³/mol. The summed E-state index contributed by atoms with van der Waals surface area (Å²) in [4.78, 5) is 12.7. The molecular formula is C16H12FN7. The van der Waals surface area contributed by atoms with Gasteiger partial charge in [0, 0.05) is 6.20 Å². The van der Waals surface area contributed by atoms with Gasteiger partial charge in [-0.25, -0.2) is 24.0 Å². The van der Waals surface area contributed by atoms with E-state index < -0.39 is 0 Å². The molecule has 1 aromatic carbocycles. The molecule has 118 valence electrons. The van der Waals surface area contributed by atoms with Gasteiger partial charge in [-0.3, -0.25) is 0 Å². The lowest BCUT2D eigenvalue weighted by Gasteiger charge is -2.05. The Morgan fingerprint density at radius 2 is 1.88 bits per heavy atom. The van der Waals surface area contributed by atoms with E-state index in [1.54, 1.807) is 23.0 Å². The molecule has 0 saturated heterocycles. The highest BCUT2D eigenvalue weighted by Crippen LogP contribution is 2.20. The predicted octanol–water partition coefficient (Wildman–Crippen LogP) is 2.55. The van der Waals surface area contributed by atoms with Gasteiger partial charge in [-0.1, -0.05) is 23.4 Å². The number of anilines is 2. The number of rotatable bonds is 4. The van der Waals surface area contributed by atoms with Crippen LogP contribution in [0.4, 0.5) is 16.0 Å². The number of benzene rings is 1. The van der Waals surface area contributed by atoms with Crippen molar-refractivity contribution in [2.75, 3.05) is 5.32 Å². The lowest BCUT2D eigenvalue weighted by Crippen LogP contribution is -2.03. The zero-order valence-corrected chi connectivity index (χ0v) is 12.5. The first-order chi connectivity index (χ1) is 11.8. The van der Waals surface area contributed by atoms with Gasteiger partial charge in [0.15, 0.2) is 17.0 Å². The highest BCUT2D eigenvalue weighted by Gasteiger charge is 2.12. The van der Waals surface area contributed by atoms with Crippen LogP contribution in [0.15, 0.2) is 55.0 Å². The second-order valence-electron chi connectivity index (χ2n) is 5.11. The third kappa shape index (κ3) is 2.76. The summed E-state index contributed by atoms with van der Waals surface area (Å²) < 4.78 is 14.7. The summed E-state index contributed by atoms with van der Waals surface area (Å²) in [6, 6.07) is 11.8. The Bertz CT molecular complexity index is 967. The smallest absolute Gasteiger partial charge is 0.184 e. The fraction of sp³-hybridized carbons (Fsp3) is 0.0625. The molecule has 8 heteroatoms. The molecule has 4 rings (SSSR count). The number of nitrogens with zero attached hydrogens (tertiary/aromatic N) is 6. The first-order valence-corrected chi connectivity index (χ1v) is 7.26. The van der Waals surface area contributed by atoms with Gasteiger partial charge in [0.1, 0.15) is 18.0 Å². The van der Waals surface area contributed by atoms with Crippen LogP contribution in [-0.2, 0) is 6.54 Å². The third-order valence-electron chi connectivity index (χ3n) is 3.46. The maximum absolute atomic E-state index is 13.0. The van der Waals surface area contributed by atoms with Crippen molar-refractivity contribution in [2.45, 2.75) is 6.54 Å². The maximum Gasteiger partial charge on any atom is 0.184 e. The van der Waals surface area contributed by atoms with E-state index in [-0.39, 0.29) is 5.82 Å². The fourth-order valence-corrected chi connectivity index (χ4v) is 2.31. The Labute approximate surface area is 136 Å². The van der Waals surface area contributed by atoms with Gasteiger partial charge in [0.2, 0.25) is 0 Å². The van der Waals surface area contributed by atoms with Crippen molar-refractivity contribution in [3.8, 4) is 0 Å². The number of fused-ring (bicyclic) bond motifs is 1. The lowest BCUT2D eigenvalue weighted by molar-refractivity contribution is 0.623. The van der Waals surface area contributed by atoms with E-state index in [1.807, 2.05) is 18.2 Å². The molecule has 0 atom stereocenters. The quantitative estimate of drug-likeness (QED) is 0.622. The molecule has 3 heterocycles. The van der Waals surface area contributed by atoms with Crippen molar-refractivity contribution < 1.29 is 4.39 Å². The van der Waals surface area contributed by atoms with Crippen LogP contribution in [0.1, 0.15) is 5.56 Å². The minimum Gasteiger partial charge on any atom is -0.323 e. The number of hydrogen-bond acceptors (Lipinski definition) is 6. The largest absolute Gasteiger partial charge is 0.323 e. The summed E-state index contributed by atoms with van der Waals surface area (Å²) in [7, 11) is 0. The Kier molecular flexibility index (Phi) is 3.54. The summed E-state index contributed by atoms with van der Waals surface area (Å²) in [5.41, 5.74) is 2.04. The summed E-state index contributed by atoms with van der Waals surface area (Å²) in [6.07, 6.45) is 3.13. The van der Waals surface area contributed by atoms with E-state index in [4.69, 9.17) is 0 Å². The molecule has 0 spiro atoms. The number of hydrogen-bond donors (Lipinski definition) is 1. The molecule has 3 aromatic heterocycles. The zero-order valence-electron chi connectivity index (χ0n) is 12.5. The van der Waals surface area contributed by atoms with Crippen molar-refractivity contribution in [1.29, 1.82) is 0 Å². The topological polar surface area (TPSA) is 81.4 Å². The maximum atomic E-state index is 13.0. The molecule has 0 aliphatic rings. The highest BCUT2D eigenvalue weighted by molar-refractivity contribution is 5.83. The van der Waals surface area contributed by atoms with Crippen molar-refractivity contribution in [3.05, 3.63) is 66.4 Å². The van der Waals surface area contributed by atoms with E-state index in [1.165, 1.54) is 18.5 Å². The molecule has 0 aliphatic carbocycles. The van der Waals surface area contributed by atoms with E-state index in [0.717, 1.165) is 5.56 Å². The van der Waals surface area contributed by atoms with Gasteiger partial charge >= 0.3 is 0 Å². The zero-order chi connectivity index (χ0) is 16.4. The van der Waals surface area contributed by atoms with Crippen LogP contribution in [0, 0.1) is 5.82 Å². The summed E-state index contributed by atoms with van der Waals surface area (Å²) in [5.74, 6) is 0.918. The van der Waals surface area contributed by atoms with Crippen LogP contribution in [0.2, 0.25) is 0 Å². The van der Waals surface area contributed by atoms with Crippen LogP contribution in [0.25, 0.3) is 11.2 Å². The van der Waals surface area contributed by atoms with E-state index in [9.17, 15) is 4.39 Å². The third-order valence-corrected chi connectivity index (χ3v) is 3.46. The minimum absolute atomic E-state index is 0.272. The number of aromatic nitrogens is 6. The molecule has 0 aliphatic heterocycles. The molecule has 0 fully saturated rings. The molecule has 0 amide bonds. The Hall–Kier alpha value is -3.42. The molecule has 0 saturated carbocycles. The van der Waals surface area contributed by atoms with Crippen molar-refractivity contribution in [3.63, 3.8) is 0 Å². The first-order valence-electron chi connectivity index (χ1n) is 7.26. The van der Waals surface area contributed by atoms with E-state index in [0.29, 0.717) is 29.3 Å². The standard InChI is InChI=1S/C16H12FN7/c17-12-6-4-11(5-7-12)9-24-16-14(22-23-24)15(19-10-20-16)21-13-3-1-2-8-18-13/h1-8,10H,9H2,(H,18,19,20,21). The Balaban J connectivity index is 1.67. The molecule has 0 bridgehead atoms. The van der Waals surface area contributed by atoms with E-state index >= 15 is 0 Å². The first kappa shape index (κ1) is 14.2. The number of halogens is 1. The molecule has 1 N–H and O–H groups in total. The number of nitrogens with one attached hydrogen (secondary N) is 1. The summed E-state index contributed by atoms with van der Waals surface area (Å²) in [6.45, 7) is 0.441. The van der Waals surface area contributed by atoms with Gasteiger partial charge in [-0.15, -0.1) is 5.10 Å². The minimum atomic E-state index is -0.272. The van der Waals surface area contributed by atoms with Gasteiger partial charge in [-0.2, -0.15) is 0 Å². The van der Waals surface area contributed by atoms with Gasteiger partial charge in [0.05, 0.1) is 6.54 Å². The molecule has 0 radical (unpaired) electrons. The normalized spacial score (nSPS) is 10.9. The van der Waals surface area contributed by atoms with Crippen LogP contribution < -0.4 is 5.32 Å². The second-order valence-corrected chi connectivity index (χ2v) is 5.11. The average Bonchev–Trinajstić information content (AvgIpc) is 3.02. The van der Waals surface area contributed by atoms with Crippen molar-refractivity contribution in [2.24, 2.45) is 0 Å². The fourth-order valence-electron chi connectivity index (χ4n) is 2.31. The molecule has 4 aromatic rings. The summed E-state index contributed by atoms with van der Waals surface area (Å²) >= 11 is 0. The SMILES string of the molecule is Fc1ccc(Cn2nnc3c(Nc4ccccn4)ncnc32)cc1. The number of pyridine rings is 1. The molecular weight excluding hydrogens is 309 g/mol. The average molecular weight is 321 g/mol. The van der Waals surface area contributed by atoms with E-state index in [2.05, 4.69) is 30.6 Å². The van der Waals surface area contributed by atoms with Crippen LogP contribution in [-0.4, -0.2) is 29.9 Å². The molecule has 7 nitrogen and oxygen atoms in total. The van der Waals surface area contributed by atoms with Crippen LogP contribution in [0.3, 0.4) is 0 Å². The lowest BCUT2D eigenvalue weighted by atomic mass is 10.2. The molecule has 0 unspecified atom stereocenters. The van der Waals surface area contributed by atoms with Crippen molar-refractivity contribution >= 4 is 22.8 Å². The Morgan fingerprint density at radius 3 is 2.67 bits per heavy atom. The summed E-state index contributed by atoms with van der Waals surface area (Å²) in [5, 5.41) is 11.4. The highest BCUT2D eigenvalue weighted by atomic mass is 19.1.